The molecule has 0 spiro atoms. The Balaban J connectivity index is 1.80. The predicted molar refractivity (Wildman–Crippen MR) is 112 cm³/mol. The van der Waals surface area contributed by atoms with Gasteiger partial charge >= 0.3 is 0 Å². The highest BCUT2D eigenvalue weighted by molar-refractivity contribution is 8.08. The molecule has 0 saturated carbocycles. The molecule has 0 radical (unpaired) electrons. The van der Waals surface area contributed by atoms with Gasteiger partial charge in [0.15, 0.2) is 23.2 Å². The molecule has 0 fully saturated rings. The van der Waals surface area contributed by atoms with E-state index in [-0.39, 0.29) is 0 Å². The van der Waals surface area contributed by atoms with Gasteiger partial charge in [-0.2, -0.15) is 0 Å². The van der Waals surface area contributed by atoms with Gasteiger partial charge < -0.3 is 4.74 Å². The largest absolute Gasteiger partial charge is 0.496 e. The number of halogens is 4. The normalized spacial score (nSPS) is 18.0. The van der Waals surface area contributed by atoms with E-state index in [0.29, 0.717) is 21.8 Å². The number of para-hydroxylation sites is 1. The number of ketones is 1. The molecule has 0 N–H and O–H groups in total. The van der Waals surface area contributed by atoms with Crippen LogP contribution < -0.4 is 4.74 Å². The van der Waals surface area contributed by atoms with Gasteiger partial charge in [0.2, 0.25) is 0 Å². The number of hydrogen-bond acceptors (Lipinski definition) is 3. The standard InChI is InChI=1S/C24H16F4O2S/c1-30-19-5-3-2-4-15(19)24-17(12-20(31-24)13-6-8-14(25)9-7-13)23(29)16-10-11-18(26)22(28)21(16)27/h2-12,17,24H,1H3. The van der Waals surface area contributed by atoms with Gasteiger partial charge in [-0.1, -0.05) is 36.4 Å². The Morgan fingerprint density at radius 3 is 2.32 bits per heavy atom. The van der Waals surface area contributed by atoms with Gasteiger partial charge in [-0.3, -0.25) is 4.79 Å². The number of thioether (sulfide) groups is 1. The molecule has 0 bridgehead atoms. The van der Waals surface area contributed by atoms with Crippen LogP contribution in [0.25, 0.3) is 4.91 Å². The van der Waals surface area contributed by atoms with Crippen molar-refractivity contribution in [1.29, 1.82) is 0 Å². The number of methoxy groups -OCH3 is 1. The molecule has 3 aromatic rings. The molecule has 3 aromatic carbocycles. The third kappa shape index (κ3) is 3.97. The van der Waals surface area contributed by atoms with E-state index in [1.165, 1.54) is 31.0 Å². The average Bonchev–Trinajstić information content (AvgIpc) is 3.23. The van der Waals surface area contributed by atoms with Crippen molar-refractivity contribution in [3.63, 3.8) is 0 Å². The van der Waals surface area contributed by atoms with Gasteiger partial charge in [-0.05, 0) is 35.9 Å². The van der Waals surface area contributed by atoms with E-state index >= 15 is 0 Å². The van der Waals surface area contributed by atoms with Crippen LogP contribution >= 0.6 is 11.8 Å². The molecule has 1 aliphatic heterocycles. The lowest BCUT2D eigenvalue weighted by Gasteiger charge is -2.21. The molecule has 0 amide bonds. The summed E-state index contributed by atoms with van der Waals surface area (Å²) in [5, 5.41) is -0.504. The van der Waals surface area contributed by atoms with Gasteiger partial charge in [0.1, 0.15) is 11.6 Å². The number of carbonyl (C=O) groups is 1. The summed E-state index contributed by atoms with van der Waals surface area (Å²) < 4.78 is 60.3. The minimum atomic E-state index is -1.69. The third-order valence-corrected chi connectivity index (χ3v) is 6.52. The zero-order valence-corrected chi connectivity index (χ0v) is 17.1. The number of Topliss-reactive ketones (excluding diaryl/α,β-unsaturated/α-hetero) is 1. The van der Waals surface area contributed by atoms with Crippen molar-refractivity contribution in [3.05, 3.63) is 107 Å². The SMILES string of the molecule is COc1ccccc1C1SC(c2ccc(F)cc2)=CC1C(=O)c1ccc(F)c(F)c1F. The number of ether oxygens (including phenoxy) is 1. The molecule has 0 saturated heterocycles. The van der Waals surface area contributed by atoms with Crippen molar-refractivity contribution in [2.75, 3.05) is 7.11 Å². The van der Waals surface area contributed by atoms with Crippen LogP contribution in [-0.2, 0) is 0 Å². The molecule has 1 heterocycles. The van der Waals surface area contributed by atoms with E-state index in [2.05, 4.69) is 0 Å². The Morgan fingerprint density at radius 2 is 1.61 bits per heavy atom. The van der Waals surface area contributed by atoms with Crippen molar-refractivity contribution < 1.29 is 27.1 Å². The minimum absolute atomic E-state index is 0.398. The number of hydrogen-bond donors (Lipinski definition) is 0. The van der Waals surface area contributed by atoms with E-state index in [1.807, 2.05) is 0 Å². The highest BCUT2D eigenvalue weighted by Gasteiger charge is 2.38. The van der Waals surface area contributed by atoms with Crippen LogP contribution in [0, 0.1) is 29.2 Å². The van der Waals surface area contributed by atoms with Crippen LogP contribution in [0.15, 0.2) is 66.7 Å². The van der Waals surface area contributed by atoms with Crippen molar-refractivity contribution in [3.8, 4) is 5.75 Å². The van der Waals surface area contributed by atoms with Gasteiger partial charge in [-0.25, -0.2) is 17.6 Å². The fourth-order valence-corrected chi connectivity index (χ4v) is 4.99. The highest BCUT2D eigenvalue weighted by atomic mass is 32.2. The van der Waals surface area contributed by atoms with E-state index in [4.69, 9.17) is 4.74 Å². The zero-order chi connectivity index (χ0) is 22.1. The number of benzene rings is 3. The van der Waals surface area contributed by atoms with Gasteiger partial charge in [0.25, 0.3) is 0 Å². The lowest BCUT2D eigenvalue weighted by molar-refractivity contribution is 0.0939. The first-order valence-corrected chi connectivity index (χ1v) is 10.2. The quantitative estimate of drug-likeness (QED) is 0.253. The molecule has 4 rings (SSSR count). The van der Waals surface area contributed by atoms with Crippen molar-refractivity contribution in [2.45, 2.75) is 5.25 Å². The summed E-state index contributed by atoms with van der Waals surface area (Å²) in [4.78, 5) is 13.9. The smallest absolute Gasteiger partial charge is 0.195 e. The summed E-state index contributed by atoms with van der Waals surface area (Å²) in [7, 11) is 1.50. The van der Waals surface area contributed by atoms with Crippen LogP contribution in [0.3, 0.4) is 0 Å². The first-order chi connectivity index (χ1) is 14.9. The van der Waals surface area contributed by atoms with Gasteiger partial charge in [0, 0.05) is 10.5 Å². The predicted octanol–water partition coefficient (Wildman–Crippen LogP) is 6.58. The summed E-state index contributed by atoms with van der Waals surface area (Å²) in [6.07, 6.45) is 1.65. The van der Waals surface area contributed by atoms with Gasteiger partial charge in [-0.15, -0.1) is 11.8 Å². The molecule has 0 aromatic heterocycles. The highest BCUT2D eigenvalue weighted by Crippen LogP contribution is 2.54. The first-order valence-electron chi connectivity index (χ1n) is 9.35. The Hall–Kier alpha value is -3.06. The van der Waals surface area contributed by atoms with Crippen molar-refractivity contribution in [2.24, 2.45) is 5.92 Å². The lowest BCUT2D eigenvalue weighted by Crippen LogP contribution is -2.19. The van der Waals surface area contributed by atoms with Crippen LogP contribution in [0.4, 0.5) is 17.6 Å². The number of carbonyl (C=O) groups excluding carboxylic acids is 1. The molecule has 158 valence electrons. The summed E-state index contributed by atoms with van der Waals surface area (Å²) in [6.45, 7) is 0. The Morgan fingerprint density at radius 1 is 0.903 bits per heavy atom. The second-order valence-corrected chi connectivity index (χ2v) is 8.11. The van der Waals surface area contributed by atoms with Crippen molar-refractivity contribution >= 4 is 22.5 Å². The molecule has 1 aliphatic rings. The van der Waals surface area contributed by atoms with E-state index < -0.39 is 45.8 Å². The fourth-order valence-electron chi connectivity index (χ4n) is 3.55. The molecular formula is C24H16F4O2S. The fraction of sp³-hybridized carbons (Fsp3) is 0.125. The number of allylic oxidation sites excluding steroid dienone is 1. The minimum Gasteiger partial charge on any atom is -0.496 e. The van der Waals surface area contributed by atoms with E-state index in [9.17, 15) is 22.4 Å². The number of rotatable bonds is 5. The second kappa shape index (κ2) is 8.59. The van der Waals surface area contributed by atoms with Crippen LogP contribution in [0.1, 0.15) is 26.7 Å². The Bertz CT molecular complexity index is 1170. The average molecular weight is 444 g/mol. The molecule has 2 unspecified atom stereocenters. The Labute approximate surface area is 180 Å². The maximum Gasteiger partial charge on any atom is 0.195 e. The molecule has 31 heavy (non-hydrogen) atoms. The van der Waals surface area contributed by atoms with Crippen LogP contribution in [0.2, 0.25) is 0 Å². The molecule has 0 aliphatic carbocycles. The third-order valence-electron chi connectivity index (χ3n) is 5.09. The summed E-state index contributed by atoms with van der Waals surface area (Å²) in [5.74, 6) is -5.98. The summed E-state index contributed by atoms with van der Waals surface area (Å²) in [6, 6.07) is 14.6. The van der Waals surface area contributed by atoms with Crippen molar-refractivity contribution in [1.82, 2.24) is 0 Å². The first kappa shape index (κ1) is 21.2. The van der Waals surface area contributed by atoms with Crippen LogP contribution in [-0.4, -0.2) is 12.9 Å². The maximum atomic E-state index is 14.4. The van der Waals surface area contributed by atoms with Gasteiger partial charge in [0.05, 0.1) is 23.8 Å². The molecule has 7 heteroatoms. The summed E-state index contributed by atoms with van der Waals surface area (Å²) in [5.41, 5.74) is 0.859. The maximum absolute atomic E-state index is 14.4. The zero-order valence-electron chi connectivity index (χ0n) is 16.2. The van der Waals surface area contributed by atoms with E-state index in [0.717, 1.165) is 12.1 Å². The molecule has 2 nitrogen and oxygen atoms in total. The second-order valence-electron chi connectivity index (χ2n) is 6.93. The lowest BCUT2D eigenvalue weighted by atomic mass is 9.89. The van der Waals surface area contributed by atoms with Crippen LogP contribution in [0.5, 0.6) is 5.75 Å². The molecular weight excluding hydrogens is 428 g/mol. The Kier molecular flexibility index (Phi) is 5.87. The monoisotopic (exact) mass is 444 g/mol. The topological polar surface area (TPSA) is 26.3 Å². The molecule has 2 atom stereocenters. The summed E-state index contributed by atoms with van der Waals surface area (Å²) >= 11 is 1.34. The van der Waals surface area contributed by atoms with E-state index in [1.54, 1.807) is 42.5 Å².